The Morgan fingerprint density at radius 3 is 2.14 bits per heavy atom. The molecule has 0 saturated heterocycles. The van der Waals surface area contributed by atoms with E-state index in [0.717, 1.165) is 12.0 Å². The number of hydrogen-bond acceptors (Lipinski definition) is 5. The van der Waals surface area contributed by atoms with Crippen molar-refractivity contribution in [1.82, 2.24) is 0 Å². The van der Waals surface area contributed by atoms with E-state index in [4.69, 9.17) is 10.00 Å². The first-order chi connectivity index (χ1) is 13.4. The van der Waals surface area contributed by atoms with Gasteiger partial charge in [0.25, 0.3) is 5.91 Å². The molecule has 28 heavy (non-hydrogen) atoms. The van der Waals surface area contributed by atoms with E-state index in [1.54, 1.807) is 18.2 Å². The van der Waals surface area contributed by atoms with Crippen LogP contribution < -0.4 is 10.6 Å². The third-order valence-corrected chi connectivity index (χ3v) is 3.93. The van der Waals surface area contributed by atoms with Gasteiger partial charge in [-0.05, 0) is 55.3 Å². The molecule has 0 bridgehead atoms. The van der Waals surface area contributed by atoms with Crippen molar-refractivity contribution in [1.29, 1.82) is 5.26 Å². The second kappa shape index (κ2) is 9.88. The van der Waals surface area contributed by atoms with E-state index in [1.165, 1.54) is 31.2 Å². The summed E-state index contributed by atoms with van der Waals surface area (Å²) in [5.41, 5.74) is 2.48. The molecule has 0 spiro atoms. The van der Waals surface area contributed by atoms with E-state index in [2.05, 4.69) is 10.6 Å². The zero-order valence-electron chi connectivity index (χ0n) is 15.7. The second-order valence-electron chi connectivity index (χ2n) is 6.05. The maximum absolute atomic E-state index is 12.2. The molecule has 2 aromatic carbocycles. The highest BCUT2D eigenvalue weighted by molar-refractivity contribution is 5.98. The van der Waals surface area contributed by atoms with Crippen LogP contribution in [0.2, 0.25) is 0 Å². The monoisotopic (exact) mass is 379 g/mol. The van der Waals surface area contributed by atoms with Gasteiger partial charge >= 0.3 is 5.97 Å². The van der Waals surface area contributed by atoms with Crippen LogP contribution in [0.3, 0.4) is 0 Å². The largest absolute Gasteiger partial charge is 0.449 e. The molecule has 0 heterocycles. The summed E-state index contributed by atoms with van der Waals surface area (Å²) >= 11 is 0. The first-order valence-electron chi connectivity index (χ1n) is 8.80. The van der Waals surface area contributed by atoms with Gasteiger partial charge in [0, 0.05) is 11.4 Å². The molecule has 1 atom stereocenters. The minimum absolute atomic E-state index is 0.241. The number of carbonyl (C=O) groups excluding carboxylic acids is 3. The Balaban J connectivity index is 1.90. The predicted octanol–water partition coefficient (Wildman–Crippen LogP) is 3.29. The minimum Gasteiger partial charge on any atom is -0.449 e. The minimum atomic E-state index is -0.978. The van der Waals surface area contributed by atoms with E-state index in [0.29, 0.717) is 11.4 Å². The van der Waals surface area contributed by atoms with Crippen molar-refractivity contribution in [2.75, 3.05) is 10.6 Å². The summed E-state index contributed by atoms with van der Waals surface area (Å²) in [6.45, 7) is 3.53. The Bertz CT molecular complexity index is 883. The maximum Gasteiger partial charge on any atom is 0.338 e. The van der Waals surface area contributed by atoms with E-state index in [9.17, 15) is 14.4 Å². The molecule has 0 aliphatic carbocycles. The molecule has 2 N–H and O–H groups in total. The van der Waals surface area contributed by atoms with Crippen molar-refractivity contribution in [3.63, 3.8) is 0 Å². The normalized spacial score (nSPS) is 11.0. The standard InChI is InChI=1S/C21H21N3O4/c1-3-15-4-8-18(9-5-15)24-20(26)14(2)28-21(27)16-6-10-17(11-7-16)23-19(25)12-13-22/h4-11,14H,3,12H2,1-2H3,(H,23,25)(H,24,26). The summed E-state index contributed by atoms with van der Waals surface area (Å²) in [5.74, 6) is -1.52. The molecular formula is C21H21N3O4. The van der Waals surface area contributed by atoms with Gasteiger partial charge in [0.05, 0.1) is 11.6 Å². The number of aryl methyl sites for hydroxylation is 1. The van der Waals surface area contributed by atoms with Crippen molar-refractivity contribution in [2.45, 2.75) is 32.8 Å². The Morgan fingerprint density at radius 1 is 1.00 bits per heavy atom. The smallest absolute Gasteiger partial charge is 0.338 e. The number of rotatable bonds is 7. The molecule has 2 rings (SSSR count). The number of benzene rings is 2. The first-order valence-corrected chi connectivity index (χ1v) is 8.80. The third kappa shape index (κ3) is 5.95. The lowest BCUT2D eigenvalue weighted by Crippen LogP contribution is -2.30. The predicted molar refractivity (Wildman–Crippen MR) is 105 cm³/mol. The zero-order chi connectivity index (χ0) is 20.5. The number of carbonyl (C=O) groups is 3. The number of nitrogens with one attached hydrogen (secondary N) is 2. The second-order valence-corrected chi connectivity index (χ2v) is 6.05. The van der Waals surface area contributed by atoms with Crippen molar-refractivity contribution in [2.24, 2.45) is 0 Å². The fourth-order valence-electron chi connectivity index (χ4n) is 2.32. The first kappa shape index (κ1) is 20.6. The van der Waals surface area contributed by atoms with E-state index >= 15 is 0 Å². The molecule has 7 heteroatoms. The Kier molecular flexibility index (Phi) is 7.28. The van der Waals surface area contributed by atoms with Gasteiger partial charge in [-0.2, -0.15) is 5.26 Å². The number of hydrogen-bond donors (Lipinski definition) is 2. The summed E-state index contributed by atoms with van der Waals surface area (Å²) in [4.78, 5) is 35.8. The number of anilines is 2. The average Bonchev–Trinajstić information content (AvgIpc) is 2.69. The van der Waals surface area contributed by atoms with Crippen LogP contribution in [0.5, 0.6) is 0 Å². The zero-order valence-corrected chi connectivity index (χ0v) is 15.7. The van der Waals surface area contributed by atoms with Gasteiger partial charge in [-0.3, -0.25) is 9.59 Å². The topological polar surface area (TPSA) is 108 Å². The van der Waals surface area contributed by atoms with E-state index in [-0.39, 0.29) is 12.0 Å². The molecular weight excluding hydrogens is 358 g/mol. The van der Waals surface area contributed by atoms with Crippen LogP contribution in [0.25, 0.3) is 0 Å². The third-order valence-electron chi connectivity index (χ3n) is 3.93. The SMILES string of the molecule is CCc1ccc(NC(=O)C(C)OC(=O)c2ccc(NC(=O)CC#N)cc2)cc1. The Labute approximate surface area is 163 Å². The van der Waals surface area contributed by atoms with Gasteiger partial charge in [0.15, 0.2) is 6.10 Å². The molecule has 0 aliphatic heterocycles. The quantitative estimate of drug-likeness (QED) is 0.718. The van der Waals surface area contributed by atoms with Crippen LogP contribution in [-0.4, -0.2) is 23.9 Å². The van der Waals surface area contributed by atoms with Gasteiger partial charge in [0.2, 0.25) is 5.91 Å². The molecule has 7 nitrogen and oxygen atoms in total. The van der Waals surface area contributed by atoms with Crippen LogP contribution in [0.4, 0.5) is 11.4 Å². The van der Waals surface area contributed by atoms with Crippen LogP contribution in [-0.2, 0) is 20.7 Å². The van der Waals surface area contributed by atoms with Crippen molar-refractivity contribution >= 4 is 29.2 Å². The summed E-state index contributed by atoms with van der Waals surface area (Å²) in [6.07, 6.45) is -0.325. The van der Waals surface area contributed by atoms with Crippen molar-refractivity contribution < 1.29 is 19.1 Å². The molecule has 0 aromatic heterocycles. The average molecular weight is 379 g/mol. The van der Waals surface area contributed by atoms with Crippen LogP contribution in [0.1, 0.15) is 36.2 Å². The van der Waals surface area contributed by atoms with Gasteiger partial charge in [-0.25, -0.2) is 4.79 Å². The van der Waals surface area contributed by atoms with E-state index < -0.39 is 23.9 Å². The number of ether oxygens (including phenoxy) is 1. The molecule has 0 saturated carbocycles. The molecule has 144 valence electrons. The highest BCUT2D eigenvalue weighted by Gasteiger charge is 2.19. The summed E-state index contributed by atoms with van der Waals surface area (Å²) in [6, 6.07) is 15.2. The molecule has 2 amide bonds. The molecule has 0 radical (unpaired) electrons. The maximum atomic E-state index is 12.2. The highest BCUT2D eigenvalue weighted by Crippen LogP contribution is 2.13. The van der Waals surface area contributed by atoms with Crippen LogP contribution in [0.15, 0.2) is 48.5 Å². The highest BCUT2D eigenvalue weighted by atomic mass is 16.5. The molecule has 0 fully saturated rings. The van der Waals surface area contributed by atoms with Gasteiger partial charge < -0.3 is 15.4 Å². The van der Waals surface area contributed by atoms with Crippen molar-refractivity contribution in [3.8, 4) is 6.07 Å². The van der Waals surface area contributed by atoms with Crippen LogP contribution in [0, 0.1) is 11.3 Å². The number of nitriles is 1. The van der Waals surface area contributed by atoms with E-state index in [1.807, 2.05) is 19.1 Å². The Hall–Kier alpha value is -3.66. The van der Waals surface area contributed by atoms with Gasteiger partial charge in [0.1, 0.15) is 6.42 Å². The summed E-state index contributed by atoms with van der Waals surface area (Å²) in [5, 5.41) is 13.7. The molecule has 2 aromatic rings. The summed E-state index contributed by atoms with van der Waals surface area (Å²) in [7, 11) is 0. The van der Waals surface area contributed by atoms with Gasteiger partial charge in [-0.1, -0.05) is 19.1 Å². The lowest BCUT2D eigenvalue weighted by atomic mass is 10.1. The lowest BCUT2D eigenvalue weighted by molar-refractivity contribution is -0.123. The Morgan fingerprint density at radius 2 is 1.57 bits per heavy atom. The van der Waals surface area contributed by atoms with Crippen LogP contribution >= 0.6 is 0 Å². The molecule has 1 unspecified atom stereocenters. The fraction of sp³-hybridized carbons (Fsp3) is 0.238. The molecule has 0 aliphatic rings. The fourth-order valence-corrected chi connectivity index (χ4v) is 2.32. The lowest BCUT2D eigenvalue weighted by Gasteiger charge is -2.14. The number of nitrogens with zero attached hydrogens (tertiary/aromatic N) is 1. The summed E-state index contributed by atoms with van der Waals surface area (Å²) < 4.78 is 5.19. The van der Waals surface area contributed by atoms with Crippen molar-refractivity contribution in [3.05, 3.63) is 59.7 Å². The number of amides is 2. The van der Waals surface area contributed by atoms with Gasteiger partial charge in [-0.15, -0.1) is 0 Å². The number of esters is 1.